The Morgan fingerprint density at radius 3 is 2.29 bits per heavy atom. The maximum absolute atomic E-state index is 12.7. The van der Waals surface area contributed by atoms with Gasteiger partial charge in [-0.05, 0) is 12.1 Å². The highest BCUT2D eigenvalue weighted by Crippen LogP contribution is 2.36. The van der Waals surface area contributed by atoms with Crippen molar-refractivity contribution in [1.82, 2.24) is 0 Å². The third-order valence-electron chi connectivity index (χ3n) is 2.19. The summed E-state index contributed by atoms with van der Waals surface area (Å²) < 4.78 is 42.9. The molecule has 0 atom stereocenters. The molecule has 5 heteroatoms. The van der Waals surface area contributed by atoms with Crippen molar-refractivity contribution in [1.29, 1.82) is 0 Å². The molecule has 0 aliphatic carbocycles. The number of hydrogen-bond donors (Lipinski definition) is 0. The smallest absolute Gasteiger partial charge is 0.417 e. The van der Waals surface area contributed by atoms with Crippen molar-refractivity contribution in [3.8, 4) is 11.3 Å². The van der Waals surface area contributed by atoms with Crippen LogP contribution in [0.25, 0.3) is 11.3 Å². The molecule has 1 aromatic heterocycles. The summed E-state index contributed by atoms with van der Waals surface area (Å²) in [5.41, 5.74) is -1.65. The molecule has 0 saturated carbocycles. The van der Waals surface area contributed by atoms with Gasteiger partial charge in [0, 0.05) is 11.6 Å². The molecule has 0 unspecified atom stereocenters. The van der Waals surface area contributed by atoms with Gasteiger partial charge in [-0.2, -0.15) is 13.2 Å². The van der Waals surface area contributed by atoms with Crippen LogP contribution in [0, 0.1) is 0 Å². The van der Waals surface area contributed by atoms with E-state index >= 15 is 0 Å². The first kappa shape index (κ1) is 11.4. The van der Waals surface area contributed by atoms with Crippen LogP contribution in [0.3, 0.4) is 0 Å². The van der Waals surface area contributed by atoms with Crippen molar-refractivity contribution < 1.29 is 17.6 Å². The Balaban J connectivity index is 2.64. The summed E-state index contributed by atoms with van der Waals surface area (Å²) in [6, 6.07) is 8.77. The first-order valence-electron chi connectivity index (χ1n) is 4.75. The molecule has 1 aromatic carbocycles. The van der Waals surface area contributed by atoms with Gasteiger partial charge in [-0.15, -0.1) is 0 Å². The number of benzene rings is 1. The molecule has 0 fully saturated rings. The van der Waals surface area contributed by atoms with Gasteiger partial charge in [-0.1, -0.05) is 24.3 Å². The Morgan fingerprint density at radius 2 is 1.65 bits per heavy atom. The Morgan fingerprint density at radius 1 is 0.941 bits per heavy atom. The second kappa shape index (κ2) is 4.08. The zero-order valence-corrected chi connectivity index (χ0v) is 8.49. The summed E-state index contributed by atoms with van der Waals surface area (Å²) in [5, 5.41) is 0. The van der Waals surface area contributed by atoms with E-state index in [1.54, 1.807) is 0 Å². The number of rotatable bonds is 1. The normalized spacial score (nSPS) is 11.5. The molecule has 0 amide bonds. The van der Waals surface area contributed by atoms with Gasteiger partial charge in [-0.25, -0.2) is 4.79 Å². The fourth-order valence-electron chi connectivity index (χ4n) is 1.48. The van der Waals surface area contributed by atoms with Crippen LogP contribution in [0.4, 0.5) is 13.2 Å². The SMILES string of the molecule is O=c1cccc(-c2ccccc2C(F)(F)F)o1. The molecule has 0 spiro atoms. The molecule has 17 heavy (non-hydrogen) atoms. The van der Waals surface area contributed by atoms with Gasteiger partial charge < -0.3 is 4.42 Å². The molecule has 2 aromatic rings. The summed E-state index contributed by atoms with van der Waals surface area (Å²) in [5.74, 6) is -0.0922. The molecule has 0 aliphatic rings. The van der Waals surface area contributed by atoms with Crippen LogP contribution >= 0.6 is 0 Å². The van der Waals surface area contributed by atoms with E-state index in [4.69, 9.17) is 4.42 Å². The van der Waals surface area contributed by atoms with E-state index in [1.807, 2.05) is 0 Å². The average molecular weight is 240 g/mol. The van der Waals surface area contributed by atoms with Crippen LogP contribution in [0.1, 0.15) is 5.56 Å². The first-order valence-corrected chi connectivity index (χ1v) is 4.75. The van der Waals surface area contributed by atoms with Crippen LogP contribution in [-0.4, -0.2) is 0 Å². The van der Waals surface area contributed by atoms with Crippen LogP contribution in [0.5, 0.6) is 0 Å². The fourth-order valence-corrected chi connectivity index (χ4v) is 1.48. The number of halogens is 3. The van der Waals surface area contributed by atoms with E-state index in [9.17, 15) is 18.0 Å². The van der Waals surface area contributed by atoms with E-state index in [0.29, 0.717) is 0 Å². The Labute approximate surface area is 94.3 Å². The highest BCUT2D eigenvalue weighted by Gasteiger charge is 2.33. The molecule has 2 nitrogen and oxygen atoms in total. The van der Waals surface area contributed by atoms with Crippen LogP contribution in [-0.2, 0) is 6.18 Å². The van der Waals surface area contributed by atoms with E-state index in [-0.39, 0.29) is 11.3 Å². The maximum Gasteiger partial charge on any atom is 0.417 e. The third-order valence-corrected chi connectivity index (χ3v) is 2.19. The van der Waals surface area contributed by atoms with Crippen molar-refractivity contribution >= 4 is 0 Å². The molecule has 0 bridgehead atoms. The van der Waals surface area contributed by atoms with Crippen LogP contribution < -0.4 is 5.63 Å². The second-order valence-corrected chi connectivity index (χ2v) is 3.35. The minimum absolute atomic E-state index is 0.0922. The lowest BCUT2D eigenvalue weighted by Crippen LogP contribution is -2.07. The summed E-state index contributed by atoms with van der Waals surface area (Å²) in [4.78, 5) is 11.0. The molecule has 0 saturated heterocycles. The summed E-state index contributed by atoms with van der Waals surface area (Å²) in [6.07, 6.45) is -4.48. The minimum atomic E-state index is -4.48. The number of hydrogen-bond acceptors (Lipinski definition) is 2. The molecular weight excluding hydrogens is 233 g/mol. The highest BCUT2D eigenvalue weighted by molar-refractivity contribution is 5.62. The average Bonchev–Trinajstić information content (AvgIpc) is 2.28. The van der Waals surface area contributed by atoms with E-state index < -0.39 is 17.4 Å². The van der Waals surface area contributed by atoms with Crippen molar-refractivity contribution in [2.45, 2.75) is 6.18 Å². The molecular formula is C12H7F3O2. The standard InChI is InChI=1S/C12H7F3O2/c13-12(14,15)9-5-2-1-4-8(9)10-6-3-7-11(16)17-10/h1-7H. The Bertz CT molecular complexity index is 585. The lowest BCUT2D eigenvalue weighted by molar-refractivity contribution is -0.137. The minimum Gasteiger partial charge on any atom is -0.423 e. The van der Waals surface area contributed by atoms with E-state index in [0.717, 1.165) is 12.1 Å². The zero-order valence-electron chi connectivity index (χ0n) is 8.49. The van der Waals surface area contributed by atoms with Gasteiger partial charge in [-0.3, -0.25) is 0 Å². The third kappa shape index (κ3) is 2.38. The summed E-state index contributed by atoms with van der Waals surface area (Å²) in [7, 11) is 0. The monoisotopic (exact) mass is 240 g/mol. The van der Waals surface area contributed by atoms with Crippen molar-refractivity contribution in [2.75, 3.05) is 0 Å². The Hall–Kier alpha value is -2.04. The summed E-state index contributed by atoms with van der Waals surface area (Å²) >= 11 is 0. The lowest BCUT2D eigenvalue weighted by Gasteiger charge is -2.11. The van der Waals surface area contributed by atoms with E-state index in [2.05, 4.69) is 0 Å². The zero-order chi connectivity index (χ0) is 12.5. The largest absolute Gasteiger partial charge is 0.423 e. The van der Waals surface area contributed by atoms with Crippen LogP contribution in [0.15, 0.2) is 51.7 Å². The lowest BCUT2D eigenvalue weighted by atomic mass is 10.0. The molecule has 2 rings (SSSR count). The van der Waals surface area contributed by atoms with Crippen molar-refractivity contribution in [2.24, 2.45) is 0 Å². The highest BCUT2D eigenvalue weighted by atomic mass is 19.4. The van der Waals surface area contributed by atoms with Gasteiger partial charge in [0.15, 0.2) is 0 Å². The molecule has 1 heterocycles. The topological polar surface area (TPSA) is 30.2 Å². The predicted molar refractivity (Wildman–Crippen MR) is 55.4 cm³/mol. The number of alkyl halides is 3. The van der Waals surface area contributed by atoms with Gasteiger partial charge in [0.05, 0.1) is 5.56 Å². The quantitative estimate of drug-likeness (QED) is 0.765. The molecule has 0 radical (unpaired) electrons. The van der Waals surface area contributed by atoms with Gasteiger partial charge in [0.25, 0.3) is 0 Å². The maximum atomic E-state index is 12.7. The molecule has 0 N–H and O–H groups in total. The molecule has 88 valence electrons. The first-order chi connectivity index (χ1) is 7.98. The summed E-state index contributed by atoms with van der Waals surface area (Å²) in [6.45, 7) is 0. The van der Waals surface area contributed by atoms with Crippen molar-refractivity contribution in [3.05, 3.63) is 58.4 Å². The van der Waals surface area contributed by atoms with Gasteiger partial charge in [0.1, 0.15) is 5.76 Å². The van der Waals surface area contributed by atoms with Crippen molar-refractivity contribution in [3.63, 3.8) is 0 Å². The molecule has 0 aliphatic heterocycles. The van der Waals surface area contributed by atoms with Gasteiger partial charge in [0.2, 0.25) is 0 Å². The van der Waals surface area contributed by atoms with Crippen LogP contribution in [0.2, 0.25) is 0 Å². The fraction of sp³-hybridized carbons (Fsp3) is 0.0833. The predicted octanol–water partition coefficient (Wildman–Crippen LogP) is 3.33. The Kier molecular flexibility index (Phi) is 2.75. The second-order valence-electron chi connectivity index (χ2n) is 3.35. The van der Waals surface area contributed by atoms with Gasteiger partial charge >= 0.3 is 11.8 Å². The van der Waals surface area contributed by atoms with E-state index in [1.165, 1.54) is 30.3 Å².